The van der Waals surface area contributed by atoms with Gasteiger partial charge in [0.15, 0.2) is 19.8 Å². The molecule has 0 aliphatic carbocycles. The highest BCUT2D eigenvalue weighted by Gasteiger charge is 2.45. The second-order valence-electron chi connectivity index (χ2n) is 11.0. The van der Waals surface area contributed by atoms with Crippen molar-refractivity contribution in [1.29, 1.82) is 0 Å². The molecule has 33 heavy (non-hydrogen) atoms. The Hall–Kier alpha value is -1.97. The fourth-order valence-corrected chi connectivity index (χ4v) is 4.36. The van der Waals surface area contributed by atoms with Crippen molar-refractivity contribution in [3.8, 4) is 11.5 Å². The number of benzene rings is 1. The van der Waals surface area contributed by atoms with Crippen LogP contribution in [-0.2, 0) is 9.16 Å². The van der Waals surface area contributed by atoms with Crippen LogP contribution in [0.2, 0.25) is 18.1 Å². The molecule has 1 aromatic carbocycles. The van der Waals surface area contributed by atoms with E-state index in [9.17, 15) is 9.90 Å². The van der Waals surface area contributed by atoms with Gasteiger partial charge in [-0.2, -0.15) is 0 Å². The lowest BCUT2D eigenvalue weighted by atomic mass is 10.2. The summed E-state index contributed by atoms with van der Waals surface area (Å²) in [6.45, 7) is 17.5. The van der Waals surface area contributed by atoms with E-state index in [1.807, 2.05) is 31.3 Å². The molecule has 2 rings (SSSR count). The van der Waals surface area contributed by atoms with Crippen LogP contribution in [0, 0.1) is 0 Å². The van der Waals surface area contributed by atoms with E-state index < -0.39 is 25.9 Å². The van der Waals surface area contributed by atoms with Crippen LogP contribution in [0.15, 0.2) is 18.2 Å². The molecule has 1 atom stereocenters. The van der Waals surface area contributed by atoms with Crippen molar-refractivity contribution in [2.75, 3.05) is 25.1 Å². The number of unbranched alkanes of at least 4 members (excludes halogenated alkanes) is 1. The molecule has 1 aromatic rings. The molecule has 0 aromatic heterocycles. The van der Waals surface area contributed by atoms with Gasteiger partial charge in [-0.25, -0.2) is 4.79 Å². The molecule has 0 saturated heterocycles. The molecule has 1 unspecified atom stereocenters. The maximum Gasteiger partial charge on any atom is 0.411 e. The van der Waals surface area contributed by atoms with Gasteiger partial charge in [0.1, 0.15) is 18.8 Å². The van der Waals surface area contributed by atoms with E-state index in [0.29, 0.717) is 26.2 Å². The highest BCUT2D eigenvalue weighted by molar-refractivity contribution is 6.74. The third-order valence-electron chi connectivity index (χ3n) is 5.74. The number of aliphatic hydroxyl groups is 1. The zero-order chi connectivity index (χ0) is 24.9. The molecule has 8 nitrogen and oxygen atoms in total. The van der Waals surface area contributed by atoms with Gasteiger partial charge in [-0.3, -0.25) is 5.32 Å². The Kier molecular flexibility index (Phi) is 8.70. The number of ether oxygens (including phenoxy) is 3. The minimum absolute atomic E-state index is 0.129. The minimum Gasteiger partial charge on any atom is -0.486 e. The summed E-state index contributed by atoms with van der Waals surface area (Å²) >= 11 is 0. The van der Waals surface area contributed by atoms with Crippen molar-refractivity contribution >= 4 is 20.1 Å². The number of carbonyl (C=O) groups is 1. The van der Waals surface area contributed by atoms with Gasteiger partial charge < -0.3 is 29.1 Å². The third-order valence-corrected chi connectivity index (χ3v) is 10.2. The highest BCUT2D eigenvalue weighted by Crippen LogP contribution is 2.39. The summed E-state index contributed by atoms with van der Waals surface area (Å²) in [5, 5.41) is 17.1. The number of alkyl carbamates (subject to hydrolysis) is 1. The Bertz CT molecular complexity index is 803. The standard InChI is InChI=1S/C24H42N2O6Si/c1-22(2,3)31-21(27)26-24(28,32-33(7,8)23(4,5)6)13-9-10-14-25-18-11-12-19-20(17-18)30-16-15-29-19/h11-12,17,25,28H,9-10,13-16H2,1-8H3,(H,26,27). The van der Waals surface area contributed by atoms with E-state index in [2.05, 4.69) is 31.4 Å². The van der Waals surface area contributed by atoms with Crippen LogP contribution in [0.3, 0.4) is 0 Å². The van der Waals surface area contributed by atoms with Crippen LogP contribution in [0.25, 0.3) is 0 Å². The molecule has 9 heteroatoms. The van der Waals surface area contributed by atoms with Crippen LogP contribution in [0.4, 0.5) is 10.5 Å². The zero-order valence-corrected chi connectivity index (χ0v) is 22.5. The predicted molar refractivity (Wildman–Crippen MR) is 132 cm³/mol. The molecule has 188 valence electrons. The van der Waals surface area contributed by atoms with E-state index >= 15 is 0 Å². The third kappa shape index (κ3) is 8.71. The molecule has 1 aliphatic heterocycles. The van der Waals surface area contributed by atoms with Crippen molar-refractivity contribution in [1.82, 2.24) is 5.32 Å². The molecule has 0 radical (unpaired) electrons. The summed E-state index contributed by atoms with van der Waals surface area (Å²) in [5.74, 6) is -0.291. The van der Waals surface area contributed by atoms with Gasteiger partial charge in [-0.1, -0.05) is 20.8 Å². The fraction of sp³-hybridized carbons (Fsp3) is 0.708. The second kappa shape index (κ2) is 10.5. The molecular formula is C24H42N2O6Si. The summed E-state index contributed by atoms with van der Waals surface area (Å²) in [7, 11) is -2.36. The molecule has 0 bridgehead atoms. The van der Waals surface area contributed by atoms with Gasteiger partial charge in [0.25, 0.3) is 0 Å². The van der Waals surface area contributed by atoms with Crippen LogP contribution >= 0.6 is 0 Å². The highest BCUT2D eigenvalue weighted by atomic mass is 28.4. The molecule has 3 N–H and O–H groups in total. The minimum atomic E-state index is -2.36. The zero-order valence-electron chi connectivity index (χ0n) is 21.5. The summed E-state index contributed by atoms with van der Waals surface area (Å²) in [6.07, 6.45) is 0.964. The maximum atomic E-state index is 12.4. The van der Waals surface area contributed by atoms with E-state index in [1.165, 1.54) is 0 Å². The monoisotopic (exact) mass is 482 g/mol. The number of rotatable bonds is 9. The molecule has 1 heterocycles. The van der Waals surface area contributed by atoms with Gasteiger partial charge in [0.05, 0.1) is 0 Å². The normalized spacial score (nSPS) is 16.0. The molecule has 1 amide bonds. The summed E-state index contributed by atoms with van der Waals surface area (Å²) in [6, 6.07) is 5.78. The average molecular weight is 483 g/mol. The topological polar surface area (TPSA) is 98.3 Å². The Morgan fingerprint density at radius 2 is 1.70 bits per heavy atom. The average Bonchev–Trinajstić information content (AvgIpc) is 2.64. The largest absolute Gasteiger partial charge is 0.486 e. The van der Waals surface area contributed by atoms with E-state index in [1.54, 1.807) is 20.8 Å². The van der Waals surface area contributed by atoms with Crippen molar-refractivity contribution in [3.05, 3.63) is 18.2 Å². The van der Waals surface area contributed by atoms with Gasteiger partial charge in [0, 0.05) is 24.7 Å². The Labute approximate surface area is 199 Å². The number of nitrogens with one attached hydrogen (secondary N) is 2. The Morgan fingerprint density at radius 3 is 2.30 bits per heavy atom. The molecule has 1 aliphatic rings. The van der Waals surface area contributed by atoms with Crippen molar-refractivity contribution in [2.24, 2.45) is 0 Å². The lowest BCUT2D eigenvalue weighted by Crippen LogP contribution is -2.59. The fourth-order valence-electron chi connectivity index (χ4n) is 3.05. The summed E-state index contributed by atoms with van der Waals surface area (Å²) in [4.78, 5) is 12.4. The first-order chi connectivity index (χ1) is 15.1. The number of hydrogen-bond donors (Lipinski definition) is 3. The van der Waals surface area contributed by atoms with Gasteiger partial charge >= 0.3 is 6.09 Å². The first-order valence-electron chi connectivity index (χ1n) is 11.7. The maximum absolute atomic E-state index is 12.4. The van der Waals surface area contributed by atoms with Crippen molar-refractivity contribution in [3.63, 3.8) is 0 Å². The molecule has 0 fully saturated rings. The van der Waals surface area contributed by atoms with Crippen molar-refractivity contribution < 1.29 is 28.5 Å². The summed E-state index contributed by atoms with van der Waals surface area (Å²) in [5.41, 5.74) is 0.272. The number of fused-ring (bicyclic) bond motifs is 1. The van der Waals surface area contributed by atoms with Crippen LogP contribution in [-0.4, -0.2) is 50.8 Å². The Balaban J connectivity index is 1.94. The van der Waals surface area contributed by atoms with Crippen LogP contribution < -0.4 is 20.1 Å². The SMILES string of the molecule is CC(C)(C)OC(=O)NC(O)(CCCCNc1ccc2c(c1)OCCO2)O[Si](C)(C)C(C)(C)C. The number of anilines is 1. The van der Waals surface area contributed by atoms with Crippen LogP contribution in [0.1, 0.15) is 60.8 Å². The lowest BCUT2D eigenvalue weighted by Gasteiger charge is -2.43. The molecule has 0 spiro atoms. The van der Waals surface area contributed by atoms with Gasteiger partial charge in [-0.15, -0.1) is 0 Å². The first kappa shape index (κ1) is 27.3. The van der Waals surface area contributed by atoms with Crippen molar-refractivity contribution in [2.45, 2.75) is 90.4 Å². The number of carbonyl (C=O) groups excluding carboxylic acids is 1. The number of hydrogen-bond acceptors (Lipinski definition) is 7. The molecular weight excluding hydrogens is 440 g/mol. The van der Waals surface area contributed by atoms with Crippen LogP contribution in [0.5, 0.6) is 11.5 Å². The number of amides is 1. The van der Waals surface area contributed by atoms with E-state index in [0.717, 1.165) is 23.6 Å². The lowest BCUT2D eigenvalue weighted by molar-refractivity contribution is -0.173. The molecule has 0 saturated carbocycles. The second-order valence-corrected chi connectivity index (χ2v) is 15.7. The Morgan fingerprint density at radius 1 is 1.06 bits per heavy atom. The van der Waals surface area contributed by atoms with E-state index in [4.69, 9.17) is 18.6 Å². The van der Waals surface area contributed by atoms with Gasteiger partial charge in [0.2, 0.25) is 5.91 Å². The van der Waals surface area contributed by atoms with Gasteiger partial charge in [-0.05, 0) is 63.9 Å². The smallest absolute Gasteiger partial charge is 0.411 e. The summed E-state index contributed by atoms with van der Waals surface area (Å²) < 4.78 is 22.8. The predicted octanol–water partition coefficient (Wildman–Crippen LogP) is 5.23. The quantitative estimate of drug-likeness (QED) is 0.252. The first-order valence-corrected chi connectivity index (χ1v) is 14.6. The van der Waals surface area contributed by atoms with E-state index in [-0.39, 0.29) is 11.5 Å².